The van der Waals surface area contributed by atoms with Crippen molar-refractivity contribution in [3.63, 3.8) is 0 Å². The van der Waals surface area contributed by atoms with Crippen LogP contribution >= 0.6 is 11.6 Å². The third kappa shape index (κ3) is 4.83. The van der Waals surface area contributed by atoms with Crippen LogP contribution in [-0.4, -0.2) is 56.0 Å². The van der Waals surface area contributed by atoms with Gasteiger partial charge in [0.25, 0.3) is 5.91 Å². The number of fused-ring (bicyclic) bond motifs is 1. The Hall–Kier alpha value is -3.37. The van der Waals surface area contributed by atoms with Gasteiger partial charge in [0.05, 0.1) is 6.61 Å². The van der Waals surface area contributed by atoms with E-state index in [4.69, 9.17) is 26.8 Å². The van der Waals surface area contributed by atoms with Crippen molar-refractivity contribution in [1.82, 2.24) is 9.29 Å². The third-order valence-corrected chi connectivity index (χ3v) is 8.24. The highest BCUT2D eigenvalue weighted by molar-refractivity contribution is 7.89. The van der Waals surface area contributed by atoms with Crippen LogP contribution in [0.4, 0.5) is 0 Å². The van der Waals surface area contributed by atoms with Crippen molar-refractivity contribution >= 4 is 38.4 Å². The van der Waals surface area contributed by atoms with E-state index in [1.165, 1.54) is 10.4 Å². The van der Waals surface area contributed by atoms with Crippen molar-refractivity contribution in [2.75, 3.05) is 26.3 Å². The van der Waals surface area contributed by atoms with Gasteiger partial charge in [0.15, 0.2) is 0 Å². The van der Waals surface area contributed by atoms with Crippen LogP contribution in [0.5, 0.6) is 5.75 Å². The molecule has 1 aliphatic rings. The van der Waals surface area contributed by atoms with Gasteiger partial charge in [-0.25, -0.2) is 8.42 Å². The van der Waals surface area contributed by atoms with Gasteiger partial charge in [-0.2, -0.15) is 4.31 Å². The fourth-order valence-corrected chi connectivity index (χ4v) is 6.25. The summed E-state index contributed by atoms with van der Waals surface area (Å²) in [6.07, 6.45) is -0.492. The second-order valence-electron chi connectivity index (χ2n) is 8.44. The van der Waals surface area contributed by atoms with Gasteiger partial charge in [-0.3, -0.25) is 4.79 Å². The molecule has 0 saturated carbocycles. The van der Waals surface area contributed by atoms with E-state index in [1.54, 1.807) is 12.1 Å². The number of H-pyrrole nitrogens is 1. The molecule has 4 aromatic rings. The van der Waals surface area contributed by atoms with Gasteiger partial charge >= 0.3 is 0 Å². The first-order chi connectivity index (χ1) is 17.3. The quantitative estimate of drug-likeness (QED) is 0.377. The molecule has 0 aliphatic carbocycles. The summed E-state index contributed by atoms with van der Waals surface area (Å²) in [6, 6.07) is 22.4. The lowest BCUT2D eigenvalue weighted by Gasteiger charge is -2.32. The number of rotatable bonds is 7. The van der Waals surface area contributed by atoms with Gasteiger partial charge < -0.3 is 20.2 Å². The van der Waals surface area contributed by atoms with Crippen LogP contribution in [0.3, 0.4) is 0 Å². The van der Waals surface area contributed by atoms with E-state index in [2.05, 4.69) is 4.98 Å². The van der Waals surface area contributed by atoms with Gasteiger partial charge in [-0.05, 0) is 41.5 Å². The minimum Gasteiger partial charge on any atom is -0.491 e. The molecule has 36 heavy (non-hydrogen) atoms. The first-order valence-electron chi connectivity index (χ1n) is 11.3. The zero-order valence-corrected chi connectivity index (χ0v) is 20.8. The van der Waals surface area contributed by atoms with E-state index < -0.39 is 22.0 Å². The SMILES string of the molecule is NC(=O)c1[nH]c2ccc(Cl)cc2c1S(=O)(=O)N1CCO[C@H](COc2ccc(-c3ccccc3)cc2)C1. The van der Waals surface area contributed by atoms with Crippen molar-refractivity contribution < 1.29 is 22.7 Å². The summed E-state index contributed by atoms with van der Waals surface area (Å²) in [7, 11) is -4.08. The number of primary amides is 1. The minimum absolute atomic E-state index is 0.0654. The Kier molecular flexibility index (Phi) is 6.72. The van der Waals surface area contributed by atoms with Crippen molar-refractivity contribution in [3.05, 3.63) is 83.5 Å². The Balaban J connectivity index is 1.32. The number of hydrogen-bond acceptors (Lipinski definition) is 5. The number of nitrogens with zero attached hydrogens (tertiary/aromatic N) is 1. The molecule has 0 bridgehead atoms. The van der Waals surface area contributed by atoms with Crippen molar-refractivity contribution in [2.24, 2.45) is 5.73 Å². The fraction of sp³-hybridized carbons (Fsp3) is 0.192. The summed E-state index contributed by atoms with van der Waals surface area (Å²) in [5, 5.41) is 0.662. The molecule has 1 fully saturated rings. The molecule has 3 aromatic carbocycles. The lowest BCUT2D eigenvalue weighted by molar-refractivity contribution is -0.0249. The molecular formula is C26H24ClN3O5S. The summed E-state index contributed by atoms with van der Waals surface area (Å²) in [5.74, 6) is -0.214. The van der Waals surface area contributed by atoms with Gasteiger partial charge in [0, 0.05) is 29.0 Å². The number of aromatic nitrogens is 1. The summed E-state index contributed by atoms with van der Waals surface area (Å²) >= 11 is 6.11. The van der Waals surface area contributed by atoms with E-state index in [1.807, 2.05) is 54.6 Å². The van der Waals surface area contributed by atoms with Crippen LogP contribution in [-0.2, 0) is 14.8 Å². The number of hydrogen-bond donors (Lipinski definition) is 2. The van der Waals surface area contributed by atoms with Crippen LogP contribution in [0.15, 0.2) is 77.7 Å². The maximum absolute atomic E-state index is 13.6. The summed E-state index contributed by atoms with van der Waals surface area (Å²) in [4.78, 5) is 14.7. The van der Waals surface area contributed by atoms with E-state index in [0.717, 1.165) is 11.1 Å². The molecule has 0 unspecified atom stereocenters. The molecule has 1 amide bonds. The average Bonchev–Trinajstić information content (AvgIpc) is 3.28. The minimum atomic E-state index is -4.08. The second kappa shape index (κ2) is 9.94. The summed E-state index contributed by atoms with van der Waals surface area (Å²) < 4.78 is 40.2. The molecule has 1 aliphatic heterocycles. The lowest BCUT2D eigenvalue weighted by Crippen LogP contribution is -2.47. The predicted molar refractivity (Wildman–Crippen MR) is 138 cm³/mol. The zero-order valence-electron chi connectivity index (χ0n) is 19.2. The van der Waals surface area contributed by atoms with Gasteiger partial charge in [0.1, 0.15) is 29.0 Å². The Morgan fingerprint density at radius 1 is 1.08 bits per heavy atom. The van der Waals surface area contributed by atoms with E-state index in [0.29, 0.717) is 21.7 Å². The molecule has 3 N–H and O–H groups in total. The lowest BCUT2D eigenvalue weighted by atomic mass is 10.1. The number of ether oxygens (including phenoxy) is 2. The second-order valence-corrected chi connectivity index (χ2v) is 10.8. The highest BCUT2D eigenvalue weighted by atomic mass is 35.5. The van der Waals surface area contributed by atoms with Gasteiger partial charge in [-0.1, -0.05) is 54.1 Å². The van der Waals surface area contributed by atoms with Crippen LogP contribution in [0.25, 0.3) is 22.0 Å². The average molecular weight is 526 g/mol. The van der Waals surface area contributed by atoms with Crippen molar-refractivity contribution in [3.8, 4) is 16.9 Å². The number of morpholine rings is 1. The Morgan fingerprint density at radius 3 is 2.53 bits per heavy atom. The van der Waals surface area contributed by atoms with E-state index in [-0.39, 0.29) is 36.9 Å². The number of amides is 1. The summed E-state index contributed by atoms with van der Waals surface area (Å²) in [6.45, 7) is 0.556. The largest absolute Gasteiger partial charge is 0.491 e. The number of carbonyl (C=O) groups excluding carboxylic acids is 1. The highest BCUT2D eigenvalue weighted by Crippen LogP contribution is 2.32. The maximum Gasteiger partial charge on any atom is 0.266 e. The molecule has 2 heterocycles. The summed E-state index contributed by atoms with van der Waals surface area (Å²) in [5.41, 5.74) is 7.95. The molecule has 5 rings (SSSR count). The number of benzene rings is 3. The van der Waals surface area contributed by atoms with Gasteiger partial charge in [-0.15, -0.1) is 0 Å². The van der Waals surface area contributed by atoms with Crippen LogP contribution in [0.1, 0.15) is 10.5 Å². The maximum atomic E-state index is 13.6. The smallest absolute Gasteiger partial charge is 0.266 e. The van der Waals surface area contributed by atoms with E-state index in [9.17, 15) is 13.2 Å². The predicted octanol–water partition coefficient (Wildman–Crippen LogP) is 4.06. The first-order valence-corrected chi connectivity index (χ1v) is 13.2. The third-order valence-electron chi connectivity index (χ3n) is 6.06. The molecule has 186 valence electrons. The first kappa shape index (κ1) is 24.3. The molecule has 8 nitrogen and oxygen atoms in total. The number of sulfonamides is 1. The molecule has 0 radical (unpaired) electrons. The fourth-order valence-electron chi connectivity index (χ4n) is 4.28. The van der Waals surface area contributed by atoms with Crippen LogP contribution in [0.2, 0.25) is 5.02 Å². The van der Waals surface area contributed by atoms with Crippen LogP contribution < -0.4 is 10.5 Å². The number of aromatic amines is 1. The van der Waals surface area contributed by atoms with Crippen molar-refractivity contribution in [2.45, 2.75) is 11.0 Å². The normalized spacial score (nSPS) is 16.8. The Bertz CT molecular complexity index is 1500. The Labute approximate surface area is 213 Å². The molecule has 1 saturated heterocycles. The number of carbonyl (C=O) groups is 1. The molecular weight excluding hydrogens is 502 g/mol. The topological polar surface area (TPSA) is 115 Å². The highest BCUT2D eigenvalue weighted by Gasteiger charge is 2.36. The molecule has 1 atom stereocenters. The molecule has 10 heteroatoms. The van der Waals surface area contributed by atoms with Gasteiger partial charge in [0.2, 0.25) is 10.0 Å². The molecule has 1 aromatic heterocycles. The number of nitrogens with two attached hydrogens (primary N) is 1. The standard InChI is InChI=1S/C26H24ClN3O5S/c27-19-8-11-23-22(14-19)25(24(29-23)26(28)31)36(32,33)30-12-13-34-21(15-30)16-35-20-9-6-18(7-10-20)17-4-2-1-3-5-17/h1-11,14,21,29H,12-13,15-16H2,(H2,28,31)/t21-/m0/s1. The monoisotopic (exact) mass is 525 g/mol. The van der Waals surface area contributed by atoms with E-state index >= 15 is 0 Å². The number of nitrogens with one attached hydrogen (secondary N) is 1. The Morgan fingerprint density at radius 2 is 1.81 bits per heavy atom. The van der Waals surface area contributed by atoms with Crippen molar-refractivity contribution in [1.29, 1.82) is 0 Å². The zero-order chi connectivity index (χ0) is 25.3. The molecule has 0 spiro atoms. The number of halogens is 1. The van der Waals surface area contributed by atoms with Crippen LogP contribution in [0, 0.1) is 0 Å².